The largest absolute Gasteiger partial charge is 0.497 e. The van der Waals surface area contributed by atoms with E-state index in [1.54, 1.807) is 16.9 Å². The van der Waals surface area contributed by atoms with E-state index in [4.69, 9.17) is 4.74 Å². The minimum atomic E-state index is -1.18. The van der Waals surface area contributed by atoms with Gasteiger partial charge in [0.25, 0.3) is 11.8 Å². The van der Waals surface area contributed by atoms with Gasteiger partial charge in [-0.2, -0.15) is 0 Å². The van der Waals surface area contributed by atoms with Crippen LogP contribution in [-0.4, -0.2) is 36.1 Å². The lowest BCUT2D eigenvalue weighted by atomic mass is 10.0. The molecule has 1 fully saturated rings. The third-order valence-electron chi connectivity index (χ3n) is 6.20. The second-order valence-electron chi connectivity index (χ2n) is 8.22. The second kappa shape index (κ2) is 8.23. The molecule has 0 saturated carbocycles. The van der Waals surface area contributed by atoms with Crippen LogP contribution in [0.25, 0.3) is 0 Å². The van der Waals surface area contributed by atoms with Gasteiger partial charge in [0.05, 0.1) is 19.3 Å². The summed E-state index contributed by atoms with van der Waals surface area (Å²) < 4.78 is 18.9. The third kappa shape index (κ3) is 3.47. The summed E-state index contributed by atoms with van der Waals surface area (Å²) in [5.41, 5.74) is 4.03. The van der Waals surface area contributed by atoms with Crippen LogP contribution < -0.4 is 9.64 Å². The van der Waals surface area contributed by atoms with Crippen molar-refractivity contribution in [2.24, 2.45) is 0 Å². The summed E-state index contributed by atoms with van der Waals surface area (Å²) in [5, 5.41) is 0. The summed E-state index contributed by atoms with van der Waals surface area (Å²) >= 11 is 1.46. The van der Waals surface area contributed by atoms with Crippen LogP contribution in [-0.2, 0) is 16.2 Å². The average molecular weight is 463 g/mol. The number of halogens is 1. The molecule has 0 aromatic heterocycles. The van der Waals surface area contributed by atoms with Crippen LogP contribution in [0.2, 0.25) is 0 Å². The number of amides is 2. The molecule has 5 nitrogen and oxygen atoms in total. The Morgan fingerprint density at radius 3 is 2.52 bits per heavy atom. The molecule has 2 heterocycles. The number of carbonyl (C=O) groups excluding carboxylic acids is 2. The molecule has 0 aliphatic carbocycles. The minimum absolute atomic E-state index is 0.149. The van der Waals surface area contributed by atoms with E-state index in [0.717, 1.165) is 22.4 Å². The van der Waals surface area contributed by atoms with Gasteiger partial charge in [-0.05, 0) is 55.0 Å². The molecule has 168 valence electrons. The van der Waals surface area contributed by atoms with Gasteiger partial charge in [0.1, 0.15) is 11.6 Å². The maximum atomic E-state index is 14.1. The number of rotatable bonds is 4. The van der Waals surface area contributed by atoms with Gasteiger partial charge in [-0.15, -0.1) is 11.8 Å². The van der Waals surface area contributed by atoms with Crippen LogP contribution in [0.1, 0.15) is 27.0 Å². The predicted octanol–water partition coefficient (Wildman–Crippen LogP) is 4.73. The van der Waals surface area contributed by atoms with E-state index < -0.39 is 10.7 Å². The lowest BCUT2D eigenvalue weighted by Crippen LogP contribution is -2.50. The molecule has 2 amide bonds. The zero-order valence-corrected chi connectivity index (χ0v) is 19.2. The quantitative estimate of drug-likeness (QED) is 0.563. The van der Waals surface area contributed by atoms with Crippen molar-refractivity contribution < 1.29 is 18.7 Å². The first-order valence-electron chi connectivity index (χ1n) is 10.7. The summed E-state index contributed by atoms with van der Waals surface area (Å²) in [5.74, 6) is 0.394. The first-order chi connectivity index (χ1) is 15.9. The molecule has 1 atom stereocenters. The molecule has 3 aromatic carbocycles. The van der Waals surface area contributed by atoms with Crippen LogP contribution >= 0.6 is 11.8 Å². The maximum absolute atomic E-state index is 14.1. The molecule has 0 radical (unpaired) electrons. The number of anilines is 1. The van der Waals surface area contributed by atoms with Crippen LogP contribution in [0.4, 0.5) is 10.1 Å². The molecule has 1 saturated heterocycles. The fourth-order valence-corrected chi connectivity index (χ4v) is 5.95. The highest BCUT2D eigenvalue weighted by molar-refractivity contribution is 8.01. The van der Waals surface area contributed by atoms with Gasteiger partial charge in [-0.1, -0.05) is 29.8 Å². The Morgan fingerprint density at radius 2 is 1.82 bits per heavy atom. The third-order valence-corrected chi connectivity index (χ3v) is 7.62. The van der Waals surface area contributed by atoms with Crippen molar-refractivity contribution in [3.8, 4) is 5.75 Å². The van der Waals surface area contributed by atoms with Gasteiger partial charge < -0.3 is 14.5 Å². The highest BCUT2D eigenvalue weighted by Crippen LogP contribution is 2.55. The van der Waals surface area contributed by atoms with Gasteiger partial charge >= 0.3 is 0 Å². The van der Waals surface area contributed by atoms with E-state index in [2.05, 4.69) is 0 Å². The average Bonchev–Trinajstić information content (AvgIpc) is 3.37. The maximum Gasteiger partial charge on any atom is 0.268 e. The summed E-state index contributed by atoms with van der Waals surface area (Å²) in [6.45, 7) is 2.84. The molecule has 3 aromatic rings. The highest BCUT2D eigenvalue weighted by atomic mass is 32.2. The normalized spacial score (nSPS) is 19.3. The van der Waals surface area contributed by atoms with Crippen molar-refractivity contribution >= 4 is 29.3 Å². The number of aryl methyl sites for hydroxylation is 1. The SMILES string of the molecule is COc1ccc2c(c1)[C@@]1(SCCN1C(=O)c1ccc(F)cc1)C(=O)N2Cc1ccc(C)cc1. The van der Waals surface area contributed by atoms with Gasteiger partial charge in [0.2, 0.25) is 0 Å². The number of methoxy groups -OCH3 is 1. The molecule has 33 heavy (non-hydrogen) atoms. The summed E-state index contributed by atoms with van der Waals surface area (Å²) in [6.07, 6.45) is 0. The Bertz CT molecular complexity index is 1230. The minimum Gasteiger partial charge on any atom is -0.497 e. The van der Waals surface area contributed by atoms with Crippen LogP contribution in [0, 0.1) is 12.7 Å². The lowest BCUT2D eigenvalue weighted by Gasteiger charge is -2.33. The standard InChI is InChI=1S/C26H23FN2O3S/c1-17-3-5-18(6-4-17)16-28-23-12-11-21(32-2)15-22(23)26(25(28)31)29(13-14-33-26)24(30)19-7-9-20(27)10-8-19/h3-12,15H,13-14,16H2,1-2H3/t26-/m1/s1. The van der Waals surface area contributed by atoms with Gasteiger partial charge in [-0.25, -0.2) is 4.39 Å². The van der Waals surface area contributed by atoms with Gasteiger partial charge in [0, 0.05) is 23.4 Å². The first-order valence-corrected chi connectivity index (χ1v) is 11.7. The Morgan fingerprint density at radius 1 is 1.09 bits per heavy atom. The van der Waals surface area contributed by atoms with E-state index in [0.29, 0.717) is 30.2 Å². The zero-order valence-electron chi connectivity index (χ0n) is 18.4. The van der Waals surface area contributed by atoms with Crippen molar-refractivity contribution in [1.29, 1.82) is 0 Å². The molecule has 0 N–H and O–H groups in total. The molecule has 0 unspecified atom stereocenters. The smallest absolute Gasteiger partial charge is 0.268 e. The lowest BCUT2D eigenvalue weighted by molar-refractivity contribution is -0.123. The molecule has 1 spiro atoms. The number of thioether (sulfide) groups is 1. The first kappa shape index (κ1) is 21.5. The fourth-order valence-electron chi connectivity index (χ4n) is 4.50. The van der Waals surface area contributed by atoms with E-state index in [9.17, 15) is 14.0 Å². The van der Waals surface area contributed by atoms with E-state index in [1.165, 1.54) is 36.0 Å². The van der Waals surface area contributed by atoms with Gasteiger partial charge in [0.15, 0.2) is 4.87 Å². The molecular weight excluding hydrogens is 439 g/mol. The van der Waals surface area contributed by atoms with E-state index in [1.807, 2.05) is 49.4 Å². The highest BCUT2D eigenvalue weighted by Gasteiger charge is 2.59. The summed E-state index contributed by atoms with van der Waals surface area (Å²) in [4.78, 5) is 29.8. The summed E-state index contributed by atoms with van der Waals surface area (Å²) in [7, 11) is 1.58. The second-order valence-corrected chi connectivity index (χ2v) is 9.50. The number of hydrogen-bond acceptors (Lipinski definition) is 4. The molecule has 5 rings (SSSR count). The van der Waals surface area contributed by atoms with E-state index in [-0.39, 0.29) is 11.8 Å². The number of hydrogen-bond donors (Lipinski definition) is 0. The monoisotopic (exact) mass is 462 g/mol. The Balaban J connectivity index is 1.60. The predicted molar refractivity (Wildman–Crippen MR) is 127 cm³/mol. The molecule has 2 aliphatic heterocycles. The number of ether oxygens (including phenoxy) is 1. The molecule has 0 bridgehead atoms. The van der Waals surface area contributed by atoms with Crippen LogP contribution in [0.15, 0.2) is 66.7 Å². The van der Waals surface area contributed by atoms with Crippen LogP contribution in [0.3, 0.4) is 0 Å². The fraction of sp³-hybridized carbons (Fsp3) is 0.231. The van der Waals surface area contributed by atoms with Crippen molar-refractivity contribution in [2.75, 3.05) is 24.3 Å². The summed E-state index contributed by atoms with van der Waals surface area (Å²) in [6, 6.07) is 19.1. The number of benzene rings is 3. The Kier molecular flexibility index (Phi) is 5.37. The van der Waals surface area contributed by atoms with Crippen LogP contribution in [0.5, 0.6) is 5.75 Å². The molecule has 7 heteroatoms. The molecular formula is C26H23FN2O3S. The van der Waals surface area contributed by atoms with E-state index >= 15 is 0 Å². The van der Waals surface area contributed by atoms with Crippen molar-refractivity contribution in [3.05, 3.63) is 94.8 Å². The van der Waals surface area contributed by atoms with Crippen molar-refractivity contribution in [3.63, 3.8) is 0 Å². The van der Waals surface area contributed by atoms with Gasteiger partial charge in [-0.3, -0.25) is 9.59 Å². The number of carbonyl (C=O) groups is 2. The zero-order chi connectivity index (χ0) is 23.2. The topological polar surface area (TPSA) is 49.9 Å². The number of nitrogens with zero attached hydrogens (tertiary/aromatic N) is 2. The van der Waals surface area contributed by atoms with Crippen molar-refractivity contribution in [1.82, 2.24) is 4.90 Å². The molecule has 2 aliphatic rings. The van der Waals surface area contributed by atoms with Crippen molar-refractivity contribution in [2.45, 2.75) is 18.3 Å². The Hall–Kier alpha value is -3.32. The Labute approximate surface area is 196 Å². The number of fused-ring (bicyclic) bond motifs is 2.